The van der Waals surface area contributed by atoms with Crippen LogP contribution in [0.4, 0.5) is 5.82 Å². The Balaban J connectivity index is 1.61. The normalized spacial score (nSPS) is 27.6. The Hall–Kier alpha value is -1.78. The maximum Gasteiger partial charge on any atom is 0.226 e. The summed E-state index contributed by atoms with van der Waals surface area (Å²) in [5.41, 5.74) is 0. The number of anilines is 1. The van der Waals surface area contributed by atoms with Crippen LogP contribution in [0.25, 0.3) is 0 Å². The molecule has 2 heterocycles. The lowest BCUT2D eigenvalue weighted by molar-refractivity contribution is -0.132. The highest BCUT2D eigenvalue weighted by Crippen LogP contribution is 2.40. The first-order chi connectivity index (χ1) is 10.1. The first kappa shape index (κ1) is 14.2. The van der Waals surface area contributed by atoms with Crippen molar-refractivity contribution in [2.24, 2.45) is 11.8 Å². The average Bonchev–Trinajstić information content (AvgIpc) is 3.01. The maximum absolute atomic E-state index is 12.2. The van der Waals surface area contributed by atoms with Gasteiger partial charge >= 0.3 is 0 Å². The van der Waals surface area contributed by atoms with Gasteiger partial charge in [0, 0.05) is 39.2 Å². The van der Waals surface area contributed by atoms with Crippen LogP contribution in [0, 0.1) is 11.8 Å². The van der Waals surface area contributed by atoms with E-state index in [2.05, 4.69) is 11.9 Å². The molecule has 1 aliphatic heterocycles. The van der Waals surface area contributed by atoms with Crippen LogP contribution < -0.4 is 9.64 Å². The van der Waals surface area contributed by atoms with Crippen LogP contribution in [-0.2, 0) is 4.79 Å². The van der Waals surface area contributed by atoms with E-state index in [-0.39, 0.29) is 12.0 Å². The van der Waals surface area contributed by atoms with Crippen LogP contribution in [0.15, 0.2) is 18.3 Å². The topological polar surface area (TPSA) is 45.7 Å². The zero-order valence-corrected chi connectivity index (χ0v) is 13.0. The molecule has 114 valence electrons. The monoisotopic (exact) mass is 289 g/mol. The van der Waals surface area contributed by atoms with Crippen LogP contribution in [0.2, 0.25) is 0 Å². The molecule has 1 aromatic heterocycles. The molecule has 1 aliphatic carbocycles. The fourth-order valence-electron chi connectivity index (χ4n) is 2.91. The van der Waals surface area contributed by atoms with E-state index in [4.69, 9.17) is 4.74 Å². The third-order valence-corrected chi connectivity index (χ3v) is 4.35. The number of carbonyl (C=O) groups is 1. The summed E-state index contributed by atoms with van der Waals surface area (Å²) in [5, 5.41) is 0. The fraction of sp³-hybridized carbons (Fsp3) is 0.625. The average molecular weight is 289 g/mol. The molecule has 1 saturated carbocycles. The standard InChI is InChI=1S/C16H23N3O2/c1-11-9-13(11)16(20)19-8-6-12(10-19)21-14-5-4-7-17-15(14)18(2)3/h4-5,7,11-13H,6,8-10H2,1-3H3/t11?,12-,13?/m0/s1. The Bertz CT molecular complexity index is 532. The number of hydrogen-bond acceptors (Lipinski definition) is 4. The second-order valence-corrected chi connectivity index (χ2v) is 6.35. The Kier molecular flexibility index (Phi) is 3.74. The minimum absolute atomic E-state index is 0.0749. The fourth-order valence-corrected chi connectivity index (χ4v) is 2.91. The van der Waals surface area contributed by atoms with E-state index in [9.17, 15) is 4.79 Å². The van der Waals surface area contributed by atoms with Gasteiger partial charge in [0.25, 0.3) is 0 Å². The number of aromatic nitrogens is 1. The van der Waals surface area contributed by atoms with Crippen LogP contribution in [-0.4, -0.2) is 49.1 Å². The molecule has 0 aromatic carbocycles. The molecule has 5 heteroatoms. The number of amides is 1. The van der Waals surface area contributed by atoms with E-state index >= 15 is 0 Å². The molecule has 2 unspecified atom stereocenters. The van der Waals surface area contributed by atoms with Crippen molar-refractivity contribution in [3.8, 4) is 5.75 Å². The summed E-state index contributed by atoms with van der Waals surface area (Å²) in [6.07, 6.45) is 3.79. The lowest BCUT2D eigenvalue weighted by Crippen LogP contribution is -2.32. The number of pyridine rings is 1. The van der Waals surface area contributed by atoms with E-state index in [0.29, 0.717) is 18.4 Å². The largest absolute Gasteiger partial charge is 0.485 e. The summed E-state index contributed by atoms with van der Waals surface area (Å²) >= 11 is 0. The van der Waals surface area contributed by atoms with Crippen molar-refractivity contribution < 1.29 is 9.53 Å². The predicted octanol–water partition coefficient (Wildman–Crippen LogP) is 1.78. The molecule has 2 fully saturated rings. The van der Waals surface area contributed by atoms with Gasteiger partial charge in [0.2, 0.25) is 5.91 Å². The molecule has 0 bridgehead atoms. The van der Waals surface area contributed by atoms with E-state index < -0.39 is 0 Å². The van der Waals surface area contributed by atoms with E-state index in [1.807, 2.05) is 36.0 Å². The molecule has 2 aliphatic rings. The zero-order chi connectivity index (χ0) is 15.0. The molecule has 0 N–H and O–H groups in total. The van der Waals surface area contributed by atoms with Gasteiger partial charge in [-0.25, -0.2) is 4.98 Å². The van der Waals surface area contributed by atoms with Crippen molar-refractivity contribution >= 4 is 11.7 Å². The second kappa shape index (κ2) is 5.54. The van der Waals surface area contributed by atoms with E-state index in [0.717, 1.165) is 31.0 Å². The van der Waals surface area contributed by atoms with Crippen molar-refractivity contribution in [2.45, 2.75) is 25.9 Å². The van der Waals surface area contributed by atoms with Crippen molar-refractivity contribution in [3.05, 3.63) is 18.3 Å². The minimum atomic E-state index is 0.0749. The molecule has 0 radical (unpaired) electrons. The first-order valence-electron chi connectivity index (χ1n) is 7.64. The molecule has 5 nitrogen and oxygen atoms in total. The third kappa shape index (κ3) is 2.96. The molecule has 1 amide bonds. The van der Waals surface area contributed by atoms with Crippen molar-refractivity contribution in [2.75, 3.05) is 32.1 Å². The van der Waals surface area contributed by atoms with Gasteiger partial charge in [-0.2, -0.15) is 0 Å². The van der Waals surface area contributed by atoms with Gasteiger partial charge in [0.15, 0.2) is 11.6 Å². The van der Waals surface area contributed by atoms with Gasteiger partial charge in [0.1, 0.15) is 6.10 Å². The van der Waals surface area contributed by atoms with Gasteiger partial charge < -0.3 is 14.5 Å². The van der Waals surface area contributed by atoms with Gasteiger partial charge in [0.05, 0.1) is 6.54 Å². The Labute approximate surface area is 125 Å². The summed E-state index contributed by atoms with van der Waals surface area (Å²) < 4.78 is 6.08. The first-order valence-corrected chi connectivity index (χ1v) is 7.64. The second-order valence-electron chi connectivity index (χ2n) is 6.35. The molecule has 21 heavy (non-hydrogen) atoms. The lowest BCUT2D eigenvalue weighted by Gasteiger charge is -2.20. The summed E-state index contributed by atoms with van der Waals surface area (Å²) in [6.45, 7) is 3.65. The van der Waals surface area contributed by atoms with E-state index in [1.165, 1.54) is 0 Å². The molecule has 3 atom stereocenters. The molecule has 1 aromatic rings. The summed E-state index contributed by atoms with van der Waals surface area (Å²) in [4.78, 5) is 20.5. The Morgan fingerprint density at radius 3 is 2.90 bits per heavy atom. The number of rotatable bonds is 4. The minimum Gasteiger partial charge on any atom is -0.485 e. The van der Waals surface area contributed by atoms with Crippen LogP contribution in [0.5, 0.6) is 5.75 Å². The van der Waals surface area contributed by atoms with Gasteiger partial charge in [-0.15, -0.1) is 0 Å². The number of likely N-dealkylation sites (tertiary alicyclic amines) is 1. The molecule has 1 saturated heterocycles. The van der Waals surface area contributed by atoms with Crippen LogP contribution in [0.3, 0.4) is 0 Å². The highest BCUT2D eigenvalue weighted by molar-refractivity contribution is 5.81. The molecular formula is C16H23N3O2. The SMILES string of the molecule is CC1CC1C(=O)N1CC[C@H](Oc2cccnc2N(C)C)C1. The molecule has 3 rings (SSSR count). The lowest BCUT2D eigenvalue weighted by atomic mass is 10.3. The predicted molar refractivity (Wildman–Crippen MR) is 81.4 cm³/mol. The summed E-state index contributed by atoms with van der Waals surface area (Å²) in [7, 11) is 3.91. The molecule has 0 spiro atoms. The number of ether oxygens (including phenoxy) is 1. The zero-order valence-electron chi connectivity index (χ0n) is 13.0. The van der Waals surface area contributed by atoms with Crippen molar-refractivity contribution in [1.82, 2.24) is 9.88 Å². The summed E-state index contributed by atoms with van der Waals surface area (Å²) in [5.74, 6) is 2.77. The van der Waals surface area contributed by atoms with E-state index in [1.54, 1.807) is 6.20 Å². The van der Waals surface area contributed by atoms with Gasteiger partial charge in [-0.05, 0) is 24.5 Å². The van der Waals surface area contributed by atoms with Gasteiger partial charge in [-0.3, -0.25) is 4.79 Å². The smallest absolute Gasteiger partial charge is 0.226 e. The number of nitrogens with zero attached hydrogens (tertiary/aromatic N) is 3. The number of carbonyl (C=O) groups excluding carboxylic acids is 1. The van der Waals surface area contributed by atoms with Crippen molar-refractivity contribution in [3.63, 3.8) is 0 Å². The van der Waals surface area contributed by atoms with Crippen LogP contribution in [0.1, 0.15) is 19.8 Å². The third-order valence-electron chi connectivity index (χ3n) is 4.35. The van der Waals surface area contributed by atoms with Crippen molar-refractivity contribution in [1.29, 1.82) is 0 Å². The maximum atomic E-state index is 12.2. The quantitative estimate of drug-likeness (QED) is 0.847. The Morgan fingerprint density at radius 1 is 1.48 bits per heavy atom. The summed E-state index contributed by atoms with van der Waals surface area (Å²) in [6, 6.07) is 3.82. The highest BCUT2D eigenvalue weighted by atomic mass is 16.5. The molecular weight excluding hydrogens is 266 g/mol. The number of hydrogen-bond donors (Lipinski definition) is 0. The van der Waals surface area contributed by atoms with Gasteiger partial charge in [-0.1, -0.05) is 6.92 Å². The van der Waals surface area contributed by atoms with Crippen LogP contribution >= 0.6 is 0 Å². The highest BCUT2D eigenvalue weighted by Gasteiger charge is 2.43. The Morgan fingerprint density at radius 2 is 2.24 bits per heavy atom.